The van der Waals surface area contributed by atoms with E-state index in [0.717, 1.165) is 0 Å². The largest absolute Gasteiger partial charge is 0.396 e. The Hall–Kier alpha value is -1.51. The van der Waals surface area contributed by atoms with Crippen LogP contribution in [0.3, 0.4) is 0 Å². The molecule has 3 N–H and O–H groups in total. The van der Waals surface area contributed by atoms with Crippen molar-refractivity contribution in [3.05, 3.63) is 35.6 Å². The van der Waals surface area contributed by atoms with Crippen molar-refractivity contribution in [2.24, 2.45) is 11.1 Å². The van der Waals surface area contributed by atoms with E-state index in [1.54, 1.807) is 17.0 Å². The molecule has 1 aromatic carbocycles. The summed E-state index contributed by atoms with van der Waals surface area (Å²) in [5.74, 6) is -1.17. The molecule has 1 fully saturated rings. The van der Waals surface area contributed by atoms with Crippen molar-refractivity contribution < 1.29 is 22.7 Å². The predicted molar refractivity (Wildman–Crippen MR) is 78.6 cm³/mol. The van der Waals surface area contributed by atoms with Gasteiger partial charge >= 0.3 is 0 Å². The van der Waals surface area contributed by atoms with E-state index in [0.29, 0.717) is 12.0 Å². The maximum Gasteiger partial charge on any atom is 0.223 e. The molecule has 0 aromatic heterocycles. The maximum absolute atomic E-state index is 13.0. The number of sulfonamides is 1. The van der Waals surface area contributed by atoms with Crippen LogP contribution in [0, 0.1) is 11.7 Å². The molecule has 0 radical (unpaired) electrons. The highest BCUT2D eigenvalue weighted by Gasteiger charge is 2.36. The molecule has 1 aliphatic heterocycles. The minimum atomic E-state index is -3.64. The number of hydrogen-bond donors (Lipinski definition) is 2. The Morgan fingerprint density at radius 1 is 1.36 bits per heavy atom. The summed E-state index contributed by atoms with van der Waals surface area (Å²) in [5.41, 5.74) is 0.708. The van der Waals surface area contributed by atoms with Crippen molar-refractivity contribution in [2.75, 3.05) is 18.9 Å². The van der Waals surface area contributed by atoms with Gasteiger partial charge in [-0.3, -0.25) is 4.79 Å². The standard InChI is InChI=1S/C14H19FN2O4S/c15-12-3-1-11(2-4-12)13(5-6-18)17-8-10(7-14(17)19)9-22(16,20)21/h1-4,10,13,18H,5-9H2,(H2,16,20,21). The number of carbonyl (C=O) groups excluding carboxylic acids is 1. The number of aliphatic hydroxyl groups is 1. The fourth-order valence-electron chi connectivity index (χ4n) is 2.86. The number of likely N-dealkylation sites (tertiary alicyclic amines) is 1. The van der Waals surface area contributed by atoms with Gasteiger partial charge < -0.3 is 10.0 Å². The summed E-state index contributed by atoms with van der Waals surface area (Å²) in [7, 11) is -3.64. The molecule has 2 rings (SSSR count). The average molecular weight is 330 g/mol. The van der Waals surface area contributed by atoms with Gasteiger partial charge in [0.05, 0.1) is 11.8 Å². The Kier molecular flexibility index (Phi) is 5.15. The lowest BCUT2D eigenvalue weighted by Crippen LogP contribution is -2.32. The number of primary sulfonamides is 1. The first-order chi connectivity index (χ1) is 10.3. The third kappa shape index (κ3) is 4.25. The van der Waals surface area contributed by atoms with Crippen molar-refractivity contribution in [3.8, 4) is 0 Å². The second-order valence-electron chi connectivity index (χ2n) is 5.53. The number of aliphatic hydroxyl groups excluding tert-OH is 1. The van der Waals surface area contributed by atoms with Crippen LogP contribution < -0.4 is 5.14 Å². The number of hydrogen-bond acceptors (Lipinski definition) is 4. The van der Waals surface area contributed by atoms with E-state index in [1.807, 2.05) is 0 Å². The molecule has 122 valence electrons. The second-order valence-corrected chi connectivity index (χ2v) is 7.18. The molecule has 6 nitrogen and oxygen atoms in total. The SMILES string of the molecule is NS(=O)(=O)CC1CC(=O)N(C(CCO)c2ccc(F)cc2)C1. The Morgan fingerprint density at radius 3 is 2.55 bits per heavy atom. The monoisotopic (exact) mass is 330 g/mol. The molecule has 1 saturated heterocycles. The average Bonchev–Trinajstić information content (AvgIpc) is 2.75. The van der Waals surface area contributed by atoms with Crippen LogP contribution in [0.4, 0.5) is 4.39 Å². The van der Waals surface area contributed by atoms with Crippen LogP contribution in [0.25, 0.3) is 0 Å². The summed E-state index contributed by atoms with van der Waals surface area (Å²) in [6.07, 6.45) is 0.416. The molecule has 1 heterocycles. The van der Waals surface area contributed by atoms with Crippen LogP contribution in [-0.2, 0) is 14.8 Å². The summed E-state index contributed by atoms with van der Waals surface area (Å²) >= 11 is 0. The molecule has 22 heavy (non-hydrogen) atoms. The van der Waals surface area contributed by atoms with Gasteiger partial charge in [-0.25, -0.2) is 17.9 Å². The van der Waals surface area contributed by atoms with Crippen LogP contribution in [0.1, 0.15) is 24.4 Å². The summed E-state index contributed by atoms with van der Waals surface area (Å²) in [6, 6.07) is 5.32. The highest BCUT2D eigenvalue weighted by Crippen LogP contribution is 2.31. The zero-order chi connectivity index (χ0) is 16.3. The third-order valence-corrected chi connectivity index (χ3v) is 4.68. The highest BCUT2D eigenvalue weighted by molar-refractivity contribution is 7.89. The van der Waals surface area contributed by atoms with E-state index >= 15 is 0 Å². The van der Waals surface area contributed by atoms with Gasteiger partial charge in [-0.2, -0.15) is 0 Å². The molecule has 0 spiro atoms. The Morgan fingerprint density at radius 2 is 2.00 bits per heavy atom. The summed E-state index contributed by atoms with van der Waals surface area (Å²) < 4.78 is 35.4. The first-order valence-electron chi connectivity index (χ1n) is 6.96. The van der Waals surface area contributed by atoms with E-state index in [-0.39, 0.29) is 43.0 Å². The second kappa shape index (κ2) is 6.72. The van der Waals surface area contributed by atoms with Gasteiger partial charge in [-0.1, -0.05) is 12.1 Å². The minimum Gasteiger partial charge on any atom is -0.396 e. The summed E-state index contributed by atoms with van der Waals surface area (Å²) in [6.45, 7) is 0.128. The molecule has 1 amide bonds. The summed E-state index contributed by atoms with van der Waals surface area (Å²) in [5, 5.41) is 14.3. The van der Waals surface area contributed by atoms with Gasteiger partial charge in [0.15, 0.2) is 0 Å². The van der Waals surface area contributed by atoms with Gasteiger partial charge in [0.2, 0.25) is 15.9 Å². The van der Waals surface area contributed by atoms with Crippen LogP contribution in [0.15, 0.2) is 24.3 Å². The number of benzene rings is 1. The molecular weight excluding hydrogens is 311 g/mol. The lowest BCUT2D eigenvalue weighted by molar-refractivity contribution is -0.130. The zero-order valence-corrected chi connectivity index (χ0v) is 12.8. The van der Waals surface area contributed by atoms with Gasteiger partial charge in [-0.05, 0) is 24.1 Å². The summed E-state index contributed by atoms with van der Waals surface area (Å²) in [4.78, 5) is 13.7. The Bertz CT molecular complexity index is 633. The number of rotatable bonds is 6. The predicted octanol–water partition coefficient (Wildman–Crippen LogP) is 0.386. The quantitative estimate of drug-likeness (QED) is 0.788. The van der Waals surface area contributed by atoms with Crippen molar-refractivity contribution in [1.29, 1.82) is 0 Å². The van der Waals surface area contributed by atoms with E-state index in [4.69, 9.17) is 5.14 Å². The fourth-order valence-corrected chi connectivity index (χ4v) is 3.74. The van der Waals surface area contributed by atoms with Crippen LogP contribution in [-0.4, -0.2) is 43.2 Å². The number of nitrogens with two attached hydrogens (primary N) is 1. The number of carbonyl (C=O) groups is 1. The molecule has 8 heteroatoms. The highest BCUT2D eigenvalue weighted by atomic mass is 32.2. The fraction of sp³-hybridized carbons (Fsp3) is 0.500. The van der Waals surface area contributed by atoms with Gasteiger partial charge in [0.1, 0.15) is 5.82 Å². The number of halogens is 1. The normalized spacial score (nSPS) is 20.4. The van der Waals surface area contributed by atoms with E-state index in [1.165, 1.54) is 12.1 Å². The zero-order valence-electron chi connectivity index (χ0n) is 12.0. The lowest BCUT2D eigenvalue weighted by atomic mass is 10.0. The van der Waals surface area contributed by atoms with Crippen molar-refractivity contribution in [2.45, 2.75) is 18.9 Å². The first kappa shape index (κ1) is 16.9. The first-order valence-corrected chi connectivity index (χ1v) is 8.68. The van der Waals surface area contributed by atoms with E-state index in [2.05, 4.69) is 0 Å². The molecule has 0 aliphatic carbocycles. The number of nitrogens with zero attached hydrogens (tertiary/aromatic N) is 1. The topological polar surface area (TPSA) is 101 Å². The molecule has 1 aromatic rings. The van der Waals surface area contributed by atoms with Crippen LogP contribution >= 0.6 is 0 Å². The van der Waals surface area contributed by atoms with Gasteiger partial charge in [-0.15, -0.1) is 0 Å². The Balaban J connectivity index is 2.18. The van der Waals surface area contributed by atoms with E-state index < -0.39 is 16.1 Å². The van der Waals surface area contributed by atoms with Crippen LogP contribution in [0.5, 0.6) is 0 Å². The molecular formula is C14H19FN2O4S. The van der Waals surface area contributed by atoms with Crippen molar-refractivity contribution in [3.63, 3.8) is 0 Å². The van der Waals surface area contributed by atoms with E-state index in [9.17, 15) is 22.7 Å². The van der Waals surface area contributed by atoms with Gasteiger partial charge in [0, 0.05) is 25.5 Å². The lowest BCUT2D eigenvalue weighted by Gasteiger charge is -2.28. The molecule has 2 unspecified atom stereocenters. The molecule has 1 aliphatic rings. The smallest absolute Gasteiger partial charge is 0.223 e. The minimum absolute atomic E-state index is 0.111. The third-order valence-electron chi connectivity index (χ3n) is 3.74. The van der Waals surface area contributed by atoms with Gasteiger partial charge in [0.25, 0.3) is 0 Å². The number of amides is 1. The van der Waals surface area contributed by atoms with Crippen molar-refractivity contribution in [1.82, 2.24) is 4.90 Å². The van der Waals surface area contributed by atoms with Crippen LogP contribution in [0.2, 0.25) is 0 Å². The molecule has 0 saturated carbocycles. The Labute approximate surface area is 128 Å². The maximum atomic E-state index is 13.0. The molecule has 2 atom stereocenters. The van der Waals surface area contributed by atoms with Crippen molar-refractivity contribution >= 4 is 15.9 Å². The molecule has 0 bridgehead atoms.